The molecule has 0 atom stereocenters. The van der Waals surface area contributed by atoms with Crippen molar-refractivity contribution < 1.29 is 8.78 Å². The summed E-state index contributed by atoms with van der Waals surface area (Å²) in [7, 11) is 0. The first-order chi connectivity index (χ1) is 8.11. The molecule has 98 valence electrons. The van der Waals surface area contributed by atoms with Crippen LogP contribution in [0.2, 0.25) is 0 Å². The zero-order chi connectivity index (χ0) is 12.7. The van der Waals surface area contributed by atoms with Gasteiger partial charge >= 0.3 is 6.55 Å². The molecule has 0 amide bonds. The van der Waals surface area contributed by atoms with E-state index in [0.29, 0.717) is 12.4 Å². The van der Waals surface area contributed by atoms with E-state index in [1.165, 1.54) is 25.2 Å². The van der Waals surface area contributed by atoms with Gasteiger partial charge in [0.1, 0.15) is 5.82 Å². The van der Waals surface area contributed by atoms with Crippen LogP contribution in [0.3, 0.4) is 0 Å². The Morgan fingerprint density at radius 3 is 2.76 bits per heavy atom. The molecule has 5 heteroatoms. The van der Waals surface area contributed by atoms with Gasteiger partial charge in [-0.15, -0.1) is 0 Å². The second kappa shape index (κ2) is 7.37. The lowest BCUT2D eigenvalue weighted by Gasteiger charge is -2.08. The maximum Gasteiger partial charge on any atom is 0.319 e. The van der Waals surface area contributed by atoms with Gasteiger partial charge in [-0.25, -0.2) is 4.98 Å². The molecule has 0 saturated heterocycles. The van der Waals surface area contributed by atoms with E-state index in [1.807, 2.05) is 0 Å². The number of nitrogens with one attached hydrogen (secondary N) is 1. The second-order valence-electron chi connectivity index (χ2n) is 4.59. The molecule has 1 rings (SSSR count). The Labute approximate surface area is 101 Å². The zero-order valence-electron chi connectivity index (χ0n) is 10.5. The van der Waals surface area contributed by atoms with Crippen LogP contribution in [0.5, 0.6) is 0 Å². The van der Waals surface area contributed by atoms with E-state index >= 15 is 0 Å². The predicted molar refractivity (Wildman–Crippen MR) is 63.9 cm³/mol. The molecule has 1 N–H and O–H groups in total. The molecule has 0 aliphatic heterocycles. The molecule has 1 heterocycles. The summed E-state index contributed by atoms with van der Waals surface area (Å²) in [5.41, 5.74) is 0. The van der Waals surface area contributed by atoms with Crippen molar-refractivity contribution in [2.24, 2.45) is 5.92 Å². The van der Waals surface area contributed by atoms with Crippen LogP contribution in [0.1, 0.15) is 45.5 Å². The van der Waals surface area contributed by atoms with Gasteiger partial charge in [0.2, 0.25) is 0 Å². The number of hydrogen-bond donors (Lipinski definition) is 1. The minimum absolute atomic E-state index is 0.392. The Kier molecular flexibility index (Phi) is 6.11. The molecule has 0 unspecified atom stereocenters. The summed E-state index contributed by atoms with van der Waals surface area (Å²) in [6.07, 6.45) is 6.18. The first-order valence-electron chi connectivity index (χ1n) is 6.12. The van der Waals surface area contributed by atoms with E-state index in [-0.39, 0.29) is 0 Å². The van der Waals surface area contributed by atoms with Crippen molar-refractivity contribution in [1.29, 1.82) is 0 Å². The monoisotopic (exact) mass is 245 g/mol. The molecule has 0 radical (unpaired) electrons. The molecule has 1 aromatic heterocycles. The molecule has 0 aliphatic carbocycles. The van der Waals surface area contributed by atoms with Crippen LogP contribution in [0.15, 0.2) is 12.4 Å². The number of alkyl halides is 2. The molecule has 17 heavy (non-hydrogen) atoms. The first kappa shape index (κ1) is 14.1. The van der Waals surface area contributed by atoms with Gasteiger partial charge in [0.25, 0.3) is 0 Å². The fourth-order valence-electron chi connectivity index (χ4n) is 1.66. The van der Waals surface area contributed by atoms with Gasteiger partial charge in [-0.3, -0.25) is 4.57 Å². The predicted octanol–water partition coefficient (Wildman–Crippen LogP) is 3.19. The maximum absolute atomic E-state index is 12.5. The minimum atomic E-state index is -2.50. The normalized spacial score (nSPS) is 11.6. The molecule has 1 aromatic rings. The Hall–Kier alpha value is -0.970. The highest BCUT2D eigenvalue weighted by molar-refractivity contribution is 4.92. The van der Waals surface area contributed by atoms with Crippen molar-refractivity contribution in [2.75, 3.05) is 6.54 Å². The summed E-state index contributed by atoms with van der Waals surface area (Å²) in [6.45, 7) is 3.15. The quantitative estimate of drug-likeness (QED) is 0.713. The maximum atomic E-state index is 12.5. The van der Waals surface area contributed by atoms with Gasteiger partial charge in [-0.1, -0.05) is 26.7 Å². The van der Waals surface area contributed by atoms with E-state index in [4.69, 9.17) is 0 Å². The zero-order valence-corrected chi connectivity index (χ0v) is 10.5. The summed E-state index contributed by atoms with van der Waals surface area (Å²) in [6, 6.07) is 0. The van der Waals surface area contributed by atoms with Crippen LogP contribution in [0, 0.1) is 5.92 Å². The molecule has 0 aliphatic rings. The standard InChI is InChI=1S/C12H21F2N3/c1-10(2)5-3-4-6-15-9-11-16-7-8-17(11)12(13)14/h7-8,10,12,15H,3-6,9H2,1-2H3. The highest BCUT2D eigenvalue weighted by Crippen LogP contribution is 2.12. The molecular weight excluding hydrogens is 224 g/mol. The van der Waals surface area contributed by atoms with Crippen molar-refractivity contribution in [2.45, 2.75) is 46.2 Å². The fourth-order valence-corrected chi connectivity index (χ4v) is 1.66. The van der Waals surface area contributed by atoms with E-state index in [9.17, 15) is 8.78 Å². The minimum Gasteiger partial charge on any atom is -0.310 e. The smallest absolute Gasteiger partial charge is 0.310 e. The third kappa shape index (κ3) is 5.26. The van der Waals surface area contributed by atoms with Crippen LogP contribution in [-0.4, -0.2) is 16.1 Å². The van der Waals surface area contributed by atoms with Crippen molar-refractivity contribution in [1.82, 2.24) is 14.9 Å². The van der Waals surface area contributed by atoms with Gasteiger partial charge in [0.05, 0.1) is 6.54 Å². The molecule has 0 spiro atoms. The SMILES string of the molecule is CC(C)CCCCNCc1nccn1C(F)F. The average molecular weight is 245 g/mol. The van der Waals surface area contributed by atoms with E-state index < -0.39 is 6.55 Å². The fraction of sp³-hybridized carbons (Fsp3) is 0.750. The molecule has 0 bridgehead atoms. The van der Waals surface area contributed by atoms with Gasteiger partial charge in [0.15, 0.2) is 0 Å². The van der Waals surface area contributed by atoms with Gasteiger partial charge in [-0.05, 0) is 18.9 Å². The summed E-state index contributed by atoms with van der Waals surface area (Å²) >= 11 is 0. The number of rotatable bonds is 8. The molecule has 0 aromatic carbocycles. The van der Waals surface area contributed by atoms with Crippen LogP contribution in [-0.2, 0) is 6.54 Å². The van der Waals surface area contributed by atoms with Gasteiger partial charge in [-0.2, -0.15) is 8.78 Å². The number of aromatic nitrogens is 2. The van der Waals surface area contributed by atoms with Crippen molar-refractivity contribution in [3.8, 4) is 0 Å². The number of unbranched alkanes of at least 4 members (excludes halogenated alkanes) is 1. The summed E-state index contributed by atoms with van der Waals surface area (Å²) in [5, 5.41) is 3.14. The highest BCUT2D eigenvalue weighted by Gasteiger charge is 2.10. The number of nitrogens with zero attached hydrogens (tertiary/aromatic N) is 2. The highest BCUT2D eigenvalue weighted by atomic mass is 19.3. The van der Waals surface area contributed by atoms with Gasteiger partial charge < -0.3 is 5.32 Å². The van der Waals surface area contributed by atoms with Crippen molar-refractivity contribution in [3.63, 3.8) is 0 Å². The van der Waals surface area contributed by atoms with Crippen molar-refractivity contribution in [3.05, 3.63) is 18.2 Å². The lowest BCUT2D eigenvalue weighted by atomic mass is 10.1. The van der Waals surface area contributed by atoms with Crippen LogP contribution in [0.4, 0.5) is 8.78 Å². The Morgan fingerprint density at radius 2 is 2.12 bits per heavy atom. The Balaban J connectivity index is 2.16. The number of halogens is 2. The summed E-state index contributed by atoms with van der Waals surface area (Å²) < 4.78 is 25.8. The molecular formula is C12H21F2N3. The topological polar surface area (TPSA) is 29.9 Å². The van der Waals surface area contributed by atoms with Gasteiger partial charge in [0, 0.05) is 12.4 Å². The third-order valence-electron chi connectivity index (χ3n) is 2.63. The number of hydrogen-bond acceptors (Lipinski definition) is 2. The largest absolute Gasteiger partial charge is 0.319 e. The summed E-state index contributed by atoms with van der Waals surface area (Å²) in [5.74, 6) is 1.12. The Bertz CT molecular complexity index is 310. The van der Waals surface area contributed by atoms with Crippen LogP contribution >= 0.6 is 0 Å². The number of imidazole rings is 1. The molecule has 0 fully saturated rings. The van der Waals surface area contributed by atoms with Crippen LogP contribution < -0.4 is 5.32 Å². The third-order valence-corrected chi connectivity index (χ3v) is 2.63. The van der Waals surface area contributed by atoms with Crippen molar-refractivity contribution >= 4 is 0 Å². The van der Waals surface area contributed by atoms with E-state index in [1.54, 1.807) is 0 Å². The molecule has 3 nitrogen and oxygen atoms in total. The van der Waals surface area contributed by atoms with Crippen LogP contribution in [0.25, 0.3) is 0 Å². The summed E-state index contributed by atoms with van der Waals surface area (Å²) in [4.78, 5) is 3.90. The lowest BCUT2D eigenvalue weighted by Crippen LogP contribution is -2.18. The average Bonchev–Trinajstić information content (AvgIpc) is 2.71. The lowest BCUT2D eigenvalue weighted by molar-refractivity contribution is 0.0666. The molecule has 0 saturated carbocycles. The van der Waals surface area contributed by atoms with E-state index in [2.05, 4.69) is 24.1 Å². The first-order valence-corrected chi connectivity index (χ1v) is 6.12. The Morgan fingerprint density at radius 1 is 1.35 bits per heavy atom. The van der Waals surface area contributed by atoms with E-state index in [0.717, 1.165) is 23.5 Å². The second-order valence-corrected chi connectivity index (χ2v) is 4.59.